The molecular weight excluding hydrogens is 248 g/mol. The molecule has 0 aliphatic heterocycles. The lowest BCUT2D eigenvalue weighted by Gasteiger charge is -2.15. The van der Waals surface area contributed by atoms with Crippen molar-refractivity contribution < 1.29 is 8.78 Å². The Morgan fingerprint density at radius 1 is 1.21 bits per heavy atom. The molecule has 0 aliphatic rings. The van der Waals surface area contributed by atoms with Gasteiger partial charge in [-0.3, -0.25) is 4.98 Å². The summed E-state index contributed by atoms with van der Waals surface area (Å²) in [6.45, 7) is 1.82. The van der Waals surface area contributed by atoms with E-state index in [1.165, 1.54) is 18.2 Å². The molecule has 0 amide bonds. The second-order valence-electron chi connectivity index (χ2n) is 4.07. The van der Waals surface area contributed by atoms with Crippen LogP contribution in [0.4, 0.5) is 14.5 Å². The maximum absolute atomic E-state index is 13.0. The second kappa shape index (κ2) is 5.44. The summed E-state index contributed by atoms with van der Waals surface area (Å²) in [6, 6.07) is 8.50. The van der Waals surface area contributed by atoms with Crippen LogP contribution >= 0.6 is 0 Å². The zero-order chi connectivity index (χ0) is 13.8. The number of halogens is 2. The van der Waals surface area contributed by atoms with E-state index < -0.39 is 11.6 Å². The van der Waals surface area contributed by atoms with Gasteiger partial charge in [0.2, 0.25) is 0 Å². The van der Waals surface area contributed by atoms with Crippen LogP contribution in [0.3, 0.4) is 0 Å². The monoisotopic (exact) mass is 259 g/mol. The summed E-state index contributed by atoms with van der Waals surface area (Å²) >= 11 is 0. The summed E-state index contributed by atoms with van der Waals surface area (Å²) in [4.78, 5) is 3.95. The maximum Gasteiger partial charge on any atom is 0.141 e. The minimum Gasteiger partial charge on any atom is -0.376 e. The first-order chi connectivity index (χ1) is 9.10. The van der Waals surface area contributed by atoms with E-state index in [0.717, 1.165) is 12.3 Å². The van der Waals surface area contributed by atoms with Crippen LogP contribution in [0.1, 0.15) is 24.2 Å². The number of pyridine rings is 1. The molecule has 0 saturated heterocycles. The van der Waals surface area contributed by atoms with E-state index in [-0.39, 0.29) is 11.6 Å². The number of anilines is 1. The van der Waals surface area contributed by atoms with Crippen LogP contribution in [-0.4, -0.2) is 4.98 Å². The molecule has 1 heterocycles. The molecule has 0 spiro atoms. The van der Waals surface area contributed by atoms with Crippen molar-refractivity contribution in [3.8, 4) is 6.07 Å². The van der Waals surface area contributed by atoms with Crippen molar-refractivity contribution in [1.82, 2.24) is 4.98 Å². The SMILES string of the molecule is CC(Nc1ccc(F)cc1C#N)c1ccc(F)cn1. The minimum atomic E-state index is -0.463. The fourth-order valence-corrected chi connectivity index (χ4v) is 1.69. The lowest BCUT2D eigenvalue weighted by molar-refractivity contribution is 0.617. The summed E-state index contributed by atoms with van der Waals surface area (Å²) in [7, 11) is 0. The lowest BCUT2D eigenvalue weighted by atomic mass is 10.1. The van der Waals surface area contributed by atoms with E-state index in [4.69, 9.17) is 5.26 Å². The third-order valence-electron chi connectivity index (χ3n) is 2.67. The van der Waals surface area contributed by atoms with Crippen molar-refractivity contribution in [3.05, 3.63) is 59.4 Å². The quantitative estimate of drug-likeness (QED) is 0.918. The molecule has 0 fully saturated rings. The summed E-state index contributed by atoms with van der Waals surface area (Å²) in [6.07, 6.45) is 1.13. The average Bonchev–Trinajstić information content (AvgIpc) is 2.41. The highest BCUT2D eigenvalue weighted by atomic mass is 19.1. The van der Waals surface area contributed by atoms with Gasteiger partial charge in [-0.05, 0) is 37.3 Å². The number of benzene rings is 1. The number of hydrogen-bond donors (Lipinski definition) is 1. The number of rotatable bonds is 3. The molecule has 5 heteroatoms. The van der Waals surface area contributed by atoms with Gasteiger partial charge in [0.25, 0.3) is 0 Å². The molecule has 0 bridgehead atoms. The molecule has 0 saturated carbocycles. The van der Waals surface area contributed by atoms with Crippen LogP contribution in [0.2, 0.25) is 0 Å². The molecule has 96 valence electrons. The molecule has 3 nitrogen and oxygen atoms in total. The number of nitrogens with one attached hydrogen (secondary N) is 1. The third kappa shape index (κ3) is 3.05. The van der Waals surface area contributed by atoms with Gasteiger partial charge in [0.1, 0.15) is 17.7 Å². The Kier molecular flexibility index (Phi) is 3.71. The zero-order valence-electron chi connectivity index (χ0n) is 10.2. The van der Waals surface area contributed by atoms with Gasteiger partial charge in [0.15, 0.2) is 0 Å². The summed E-state index contributed by atoms with van der Waals surface area (Å²) < 4.78 is 25.8. The molecule has 2 aromatic rings. The van der Waals surface area contributed by atoms with E-state index in [0.29, 0.717) is 11.4 Å². The fraction of sp³-hybridized carbons (Fsp3) is 0.143. The van der Waals surface area contributed by atoms with E-state index in [1.807, 2.05) is 13.0 Å². The highest BCUT2D eigenvalue weighted by Gasteiger charge is 2.10. The predicted octanol–water partition coefficient (Wildman–Crippen LogP) is 3.40. The molecule has 2 rings (SSSR count). The van der Waals surface area contributed by atoms with Crippen LogP contribution in [0.25, 0.3) is 0 Å². The van der Waals surface area contributed by atoms with Gasteiger partial charge in [0.05, 0.1) is 29.2 Å². The number of nitrogens with zero attached hydrogens (tertiary/aromatic N) is 2. The van der Waals surface area contributed by atoms with Crippen molar-refractivity contribution in [3.63, 3.8) is 0 Å². The van der Waals surface area contributed by atoms with E-state index in [1.54, 1.807) is 6.07 Å². The number of nitriles is 1. The second-order valence-corrected chi connectivity index (χ2v) is 4.07. The van der Waals surface area contributed by atoms with Crippen LogP contribution in [-0.2, 0) is 0 Å². The van der Waals surface area contributed by atoms with Gasteiger partial charge >= 0.3 is 0 Å². The molecule has 1 aromatic carbocycles. The number of aromatic nitrogens is 1. The van der Waals surface area contributed by atoms with Crippen molar-refractivity contribution in [2.24, 2.45) is 0 Å². The van der Waals surface area contributed by atoms with Gasteiger partial charge in [0, 0.05) is 0 Å². The van der Waals surface area contributed by atoms with Gasteiger partial charge < -0.3 is 5.32 Å². The smallest absolute Gasteiger partial charge is 0.141 e. The topological polar surface area (TPSA) is 48.7 Å². The number of hydrogen-bond acceptors (Lipinski definition) is 3. The fourth-order valence-electron chi connectivity index (χ4n) is 1.69. The first-order valence-corrected chi connectivity index (χ1v) is 5.68. The van der Waals surface area contributed by atoms with E-state index in [9.17, 15) is 8.78 Å². The highest BCUT2D eigenvalue weighted by molar-refractivity contribution is 5.58. The van der Waals surface area contributed by atoms with Gasteiger partial charge in [-0.2, -0.15) is 5.26 Å². The molecule has 1 N–H and O–H groups in total. The van der Waals surface area contributed by atoms with Crippen molar-refractivity contribution >= 4 is 5.69 Å². The molecule has 0 radical (unpaired) electrons. The Bertz CT molecular complexity index is 618. The van der Waals surface area contributed by atoms with Crippen molar-refractivity contribution in [2.75, 3.05) is 5.32 Å². The molecule has 1 unspecified atom stereocenters. The van der Waals surface area contributed by atoms with Gasteiger partial charge in [-0.15, -0.1) is 0 Å². The minimum absolute atomic E-state index is 0.217. The van der Waals surface area contributed by atoms with Gasteiger partial charge in [-0.1, -0.05) is 0 Å². The van der Waals surface area contributed by atoms with Crippen molar-refractivity contribution in [2.45, 2.75) is 13.0 Å². The molecule has 19 heavy (non-hydrogen) atoms. The Balaban J connectivity index is 2.21. The largest absolute Gasteiger partial charge is 0.376 e. The van der Waals surface area contributed by atoms with Crippen LogP contribution in [0.15, 0.2) is 36.5 Å². The highest BCUT2D eigenvalue weighted by Crippen LogP contribution is 2.21. The summed E-state index contributed by atoms with van der Waals surface area (Å²) in [5, 5.41) is 12.0. The van der Waals surface area contributed by atoms with Crippen LogP contribution < -0.4 is 5.32 Å². The Morgan fingerprint density at radius 2 is 1.95 bits per heavy atom. The standard InChI is InChI=1S/C14H11F2N3/c1-9(13-4-3-12(16)8-18-13)19-14-5-2-11(15)6-10(14)7-17/h2-6,8-9,19H,1H3. The summed E-state index contributed by atoms with van der Waals surface area (Å²) in [5.41, 5.74) is 1.37. The van der Waals surface area contributed by atoms with E-state index in [2.05, 4.69) is 10.3 Å². The lowest BCUT2D eigenvalue weighted by Crippen LogP contribution is -2.09. The van der Waals surface area contributed by atoms with Crippen molar-refractivity contribution in [1.29, 1.82) is 5.26 Å². The first kappa shape index (κ1) is 13.0. The molecule has 0 aliphatic carbocycles. The maximum atomic E-state index is 13.0. The first-order valence-electron chi connectivity index (χ1n) is 5.68. The van der Waals surface area contributed by atoms with Gasteiger partial charge in [-0.25, -0.2) is 8.78 Å². The van der Waals surface area contributed by atoms with E-state index >= 15 is 0 Å². The summed E-state index contributed by atoms with van der Waals surface area (Å²) in [5.74, 6) is -0.870. The zero-order valence-corrected chi connectivity index (χ0v) is 10.2. The molecule has 1 aromatic heterocycles. The predicted molar refractivity (Wildman–Crippen MR) is 67.3 cm³/mol. The van der Waals surface area contributed by atoms with Crippen LogP contribution in [0, 0.1) is 23.0 Å². The van der Waals surface area contributed by atoms with Crippen LogP contribution in [0.5, 0.6) is 0 Å². The average molecular weight is 259 g/mol. The Hall–Kier alpha value is -2.48. The Morgan fingerprint density at radius 3 is 2.58 bits per heavy atom. The Labute approximate surface area is 109 Å². The molecule has 1 atom stereocenters. The third-order valence-corrected chi connectivity index (χ3v) is 2.67. The molecular formula is C14H11F2N3. The normalized spacial score (nSPS) is 11.7.